The van der Waals surface area contributed by atoms with E-state index in [-0.39, 0.29) is 5.91 Å². The molecule has 0 bridgehead atoms. The second-order valence-corrected chi connectivity index (χ2v) is 6.01. The summed E-state index contributed by atoms with van der Waals surface area (Å²) in [6, 6.07) is 9.96. The Hall–Kier alpha value is -2.14. The normalized spacial score (nSPS) is 15.8. The number of piperidine rings is 1. The number of nitrogens with zero attached hydrogens (tertiary/aromatic N) is 2. The number of ether oxygens (including phenoxy) is 1. The zero-order valence-corrected chi connectivity index (χ0v) is 13.4. The summed E-state index contributed by atoms with van der Waals surface area (Å²) in [4.78, 5) is 14.4. The van der Waals surface area contributed by atoms with Crippen LogP contribution in [0.1, 0.15) is 35.6 Å². The molecule has 0 unspecified atom stereocenters. The summed E-state index contributed by atoms with van der Waals surface area (Å²) in [5.74, 6) is 0.598. The second kappa shape index (κ2) is 7.42. The predicted molar refractivity (Wildman–Crippen MR) is 85.9 cm³/mol. The van der Waals surface area contributed by atoms with Crippen molar-refractivity contribution in [2.75, 3.05) is 20.2 Å². The highest BCUT2D eigenvalue weighted by Gasteiger charge is 2.25. The molecule has 1 aromatic carbocycles. The highest BCUT2D eigenvalue weighted by atomic mass is 16.5. The quantitative estimate of drug-likeness (QED) is 0.851. The highest BCUT2D eigenvalue weighted by Crippen LogP contribution is 2.27. The average molecular weight is 314 g/mol. The molecule has 23 heavy (non-hydrogen) atoms. The molecule has 2 heterocycles. The Balaban J connectivity index is 1.54. The van der Waals surface area contributed by atoms with Crippen molar-refractivity contribution in [1.29, 1.82) is 0 Å². The van der Waals surface area contributed by atoms with Gasteiger partial charge in [-0.15, -0.1) is 0 Å². The van der Waals surface area contributed by atoms with Crippen molar-refractivity contribution in [3.05, 3.63) is 53.4 Å². The molecule has 2 aromatic rings. The molecule has 0 saturated carbocycles. The Morgan fingerprint density at radius 1 is 1.30 bits per heavy atom. The van der Waals surface area contributed by atoms with E-state index >= 15 is 0 Å². The maximum atomic E-state index is 12.5. The van der Waals surface area contributed by atoms with Gasteiger partial charge in [0.05, 0.1) is 18.7 Å². The SMILES string of the molecule is COCc1cccc(CC(=O)N2CCC(c3ccon3)CC2)c1. The van der Waals surface area contributed by atoms with Gasteiger partial charge in [-0.05, 0) is 24.0 Å². The monoisotopic (exact) mass is 314 g/mol. The molecule has 1 fully saturated rings. The number of carbonyl (C=O) groups is 1. The lowest BCUT2D eigenvalue weighted by Gasteiger charge is -2.31. The average Bonchev–Trinajstić information content (AvgIpc) is 3.10. The number of hydrogen-bond acceptors (Lipinski definition) is 4. The summed E-state index contributed by atoms with van der Waals surface area (Å²) in [5, 5.41) is 4.01. The number of amides is 1. The lowest BCUT2D eigenvalue weighted by molar-refractivity contribution is -0.131. The summed E-state index contributed by atoms with van der Waals surface area (Å²) in [7, 11) is 1.68. The zero-order chi connectivity index (χ0) is 16.1. The van der Waals surface area contributed by atoms with Crippen LogP contribution in [0.3, 0.4) is 0 Å². The minimum absolute atomic E-state index is 0.193. The van der Waals surface area contributed by atoms with Gasteiger partial charge >= 0.3 is 0 Å². The van der Waals surface area contributed by atoms with Crippen LogP contribution >= 0.6 is 0 Å². The van der Waals surface area contributed by atoms with Crippen molar-refractivity contribution in [3.63, 3.8) is 0 Å². The van der Waals surface area contributed by atoms with Crippen LogP contribution in [0.5, 0.6) is 0 Å². The zero-order valence-electron chi connectivity index (χ0n) is 13.4. The third-order valence-electron chi connectivity index (χ3n) is 4.38. The number of likely N-dealkylation sites (tertiary alicyclic amines) is 1. The van der Waals surface area contributed by atoms with Crippen LogP contribution in [0.25, 0.3) is 0 Å². The van der Waals surface area contributed by atoms with E-state index in [1.807, 2.05) is 35.2 Å². The first kappa shape index (κ1) is 15.7. The van der Waals surface area contributed by atoms with Gasteiger partial charge in [0.1, 0.15) is 6.26 Å². The van der Waals surface area contributed by atoms with Crippen LogP contribution in [0.15, 0.2) is 41.1 Å². The molecular formula is C18H22N2O3. The third-order valence-corrected chi connectivity index (χ3v) is 4.38. The number of benzene rings is 1. The topological polar surface area (TPSA) is 55.6 Å². The van der Waals surface area contributed by atoms with Crippen LogP contribution in [0.4, 0.5) is 0 Å². The molecule has 1 aliphatic heterocycles. The molecule has 122 valence electrons. The second-order valence-electron chi connectivity index (χ2n) is 6.01. The molecule has 1 amide bonds. The molecule has 3 rings (SSSR count). The van der Waals surface area contributed by atoms with Crippen LogP contribution < -0.4 is 0 Å². The van der Waals surface area contributed by atoms with E-state index in [1.165, 1.54) is 0 Å². The van der Waals surface area contributed by atoms with E-state index in [0.29, 0.717) is 18.9 Å². The minimum Gasteiger partial charge on any atom is -0.380 e. The lowest BCUT2D eigenvalue weighted by atomic mass is 9.93. The van der Waals surface area contributed by atoms with Gasteiger partial charge in [0, 0.05) is 32.2 Å². The van der Waals surface area contributed by atoms with Gasteiger partial charge < -0.3 is 14.2 Å². The van der Waals surface area contributed by atoms with Crippen molar-refractivity contribution in [2.24, 2.45) is 0 Å². The first-order valence-electron chi connectivity index (χ1n) is 8.01. The molecule has 0 radical (unpaired) electrons. The van der Waals surface area contributed by atoms with E-state index in [9.17, 15) is 4.79 Å². The molecule has 0 spiro atoms. The number of hydrogen-bond donors (Lipinski definition) is 0. The van der Waals surface area contributed by atoms with Gasteiger partial charge in [0.15, 0.2) is 0 Å². The van der Waals surface area contributed by atoms with Crippen LogP contribution in [0.2, 0.25) is 0 Å². The number of rotatable bonds is 5. The molecule has 1 saturated heterocycles. The molecule has 0 atom stereocenters. The smallest absolute Gasteiger partial charge is 0.226 e. The summed E-state index contributed by atoms with van der Waals surface area (Å²) in [5.41, 5.74) is 3.15. The maximum Gasteiger partial charge on any atom is 0.226 e. The molecule has 5 heteroatoms. The first-order valence-corrected chi connectivity index (χ1v) is 8.01. The minimum atomic E-state index is 0.193. The van der Waals surface area contributed by atoms with E-state index in [2.05, 4.69) is 5.16 Å². The summed E-state index contributed by atoms with van der Waals surface area (Å²) in [6.45, 7) is 2.15. The molecule has 0 aliphatic carbocycles. The van der Waals surface area contributed by atoms with Crippen molar-refractivity contribution in [1.82, 2.24) is 10.1 Å². The molecule has 1 aromatic heterocycles. The standard InChI is InChI=1S/C18H22N2O3/c1-22-13-15-4-2-3-14(11-15)12-18(21)20-8-5-16(6-9-20)17-7-10-23-19-17/h2-4,7,10-11,16H,5-6,8-9,12-13H2,1H3. The van der Waals surface area contributed by atoms with Gasteiger partial charge in [0.2, 0.25) is 5.91 Å². The van der Waals surface area contributed by atoms with Crippen molar-refractivity contribution in [2.45, 2.75) is 31.8 Å². The Labute approximate surface area is 136 Å². The fraction of sp³-hybridized carbons (Fsp3) is 0.444. The Morgan fingerprint density at radius 3 is 2.78 bits per heavy atom. The highest BCUT2D eigenvalue weighted by molar-refractivity contribution is 5.78. The van der Waals surface area contributed by atoms with Crippen LogP contribution in [-0.2, 0) is 22.6 Å². The Kier molecular flexibility index (Phi) is 5.08. The summed E-state index contributed by atoms with van der Waals surface area (Å²) < 4.78 is 10.1. The van der Waals surface area contributed by atoms with Gasteiger partial charge in [-0.25, -0.2) is 0 Å². The summed E-state index contributed by atoms with van der Waals surface area (Å²) >= 11 is 0. The molecule has 5 nitrogen and oxygen atoms in total. The third kappa shape index (κ3) is 3.99. The molecule has 0 N–H and O–H groups in total. The fourth-order valence-corrected chi connectivity index (χ4v) is 3.14. The lowest BCUT2D eigenvalue weighted by Crippen LogP contribution is -2.38. The fourth-order valence-electron chi connectivity index (χ4n) is 3.14. The van der Waals surface area contributed by atoms with E-state index in [4.69, 9.17) is 9.26 Å². The Morgan fingerprint density at radius 2 is 2.09 bits per heavy atom. The molecular weight excluding hydrogens is 292 g/mol. The van der Waals surface area contributed by atoms with Gasteiger partial charge in [0.25, 0.3) is 0 Å². The van der Waals surface area contributed by atoms with Gasteiger partial charge in [-0.3, -0.25) is 4.79 Å². The summed E-state index contributed by atoms with van der Waals surface area (Å²) in [6.07, 6.45) is 3.95. The Bertz CT molecular complexity index is 631. The predicted octanol–water partition coefficient (Wildman–Crippen LogP) is 2.77. The largest absolute Gasteiger partial charge is 0.380 e. The van der Waals surface area contributed by atoms with Gasteiger partial charge in [-0.1, -0.05) is 29.4 Å². The molecule has 1 aliphatic rings. The van der Waals surface area contributed by atoms with Crippen molar-refractivity contribution < 1.29 is 14.1 Å². The van der Waals surface area contributed by atoms with E-state index < -0.39 is 0 Å². The number of methoxy groups -OCH3 is 1. The van der Waals surface area contributed by atoms with Crippen molar-refractivity contribution in [3.8, 4) is 0 Å². The maximum absolute atomic E-state index is 12.5. The van der Waals surface area contributed by atoms with Crippen LogP contribution in [-0.4, -0.2) is 36.2 Å². The van der Waals surface area contributed by atoms with E-state index in [0.717, 1.165) is 42.8 Å². The van der Waals surface area contributed by atoms with E-state index in [1.54, 1.807) is 13.4 Å². The number of aromatic nitrogens is 1. The first-order chi connectivity index (χ1) is 11.3. The van der Waals surface area contributed by atoms with Gasteiger partial charge in [-0.2, -0.15) is 0 Å². The van der Waals surface area contributed by atoms with Crippen molar-refractivity contribution >= 4 is 5.91 Å². The number of carbonyl (C=O) groups excluding carboxylic acids is 1. The van der Waals surface area contributed by atoms with Crippen LogP contribution in [0, 0.1) is 0 Å².